The van der Waals surface area contributed by atoms with Crippen LogP contribution in [0.5, 0.6) is 11.5 Å². The van der Waals surface area contributed by atoms with Gasteiger partial charge in [-0.25, -0.2) is 0 Å². The van der Waals surface area contributed by atoms with Crippen LogP contribution in [-0.2, 0) is 12.8 Å². The van der Waals surface area contributed by atoms with Gasteiger partial charge >= 0.3 is 0 Å². The maximum atomic E-state index is 5.52. The Labute approximate surface area is 91.2 Å². The smallest absolute Gasteiger partial charge is 0.231 e. The van der Waals surface area contributed by atoms with Gasteiger partial charge in [-0.05, 0) is 30.9 Å². The maximum absolute atomic E-state index is 5.52. The Morgan fingerprint density at radius 2 is 2.07 bits per heavy atom. The summed E-state index contributed by atoms with van der Waals surface area (Å²) in [6.45, 7) is 4.77. The van der Waals surface area contributed by atoms with Gasteiger partial charge in [-0.2, -0.15) is 0 Å². The average Bonchev–Trinajstić information content (AvgIpc) is 2.73. The molecule has 1 aromatic rings. The van der Waals surface area contributed by atoms with E-state index in [2.05, 4.69) is 19.9 Å². The molecule has 82 valence electrons. The first-order valence-corrected chi connectivity index (χ1v) is 5.77. The molecule has 2 heteroatoms. The van der Waals surface area contributed by atoms with Gasteiger partial charge in [-0.1, -0.05) is 26.3 Å². The van der Waals surface area contributed by atoms with E-state index in [1.807, 2.05) is 6.07 Å². The highest BCUT2D eigenvalue weighted by molar-refractivity contribution is 5.52. The number of benzene rings is 1. The Kier molecular flexibility index (Phi) is 3.14. The molecule has 1 heterocycles. The fraction of sp³-hybridized carbons (Fsp3) is 0.538. The molecule has 2 nitrogen and oxygen atoms in total. The molecule has 2 rings (SSSR count). The molecule has 1 aliphatic rings. The number of ether oxygens (including phenoxy) is 2. The summed E-state index contributed by atoms with van der Waals surface area (Å²) in [6.07, 6.45) is 4.64. The van der Waals surface area contributed by atoms with Gasteiger partial charge < -0.3 is 9.47 Å². The van der Waals surface area contributed by atoms with E-state index in [4.69, 9.17) is 9.47 Å². The zero-order chi connectivity index (χ0) is 10.7. The van der Waals surface area contributed by atoms with Crippen LogP contribution < -0.4 is 9.47 Å². The molecule has 0 spiro atoms. The van der Waals surface area contributed by atoms with Crippen molar-refractivity contribution in [3.05, 3.63) is 23.3 Å². The Morgan fingerprint density at radius 3 is 2.80 bits per heavy atom. The summed E-state index contributed by atoms with van der Waals surface area (Å²) in [5.41, 5.74) is 2.75. The summed E-state index contributed by atoms with van der Waals surface area (Å²) >= 11 is 0. The van der Waals surface area contributed by atoms with Crippen LogP contribution >= 0.6 is 0 Å². The van der Waals surface area contributed by atoms with Crippen LogP contribution in [0, 0.1) is 0 Å². The van der Waals surface area contributed by atoms with Crippen molar-refractivity contribution in [3.63, 3.8) is 0 Å². The van der Waals surface area contributed by atoms with Crippen LogP contribution in [0.15, 0.2) is 12.1 Å². The number of aryl methyl sites for hydroxylation is 1. The van der Waals surface area contributed by atoms with Crippen molar-refractivity contribution in [1.29, 1.82) is 0 Å². The molecule has 0 fully saturated rings. The van der Waals surface area contributed by atoms with Crippen LogP contribution in [0.3, 0.4) is 0 Å². The molecule has 0 unspecified atom stereocenters. The average molecular weight is 206 g/mol. The largest absolute Gasteiger partial charge is 0.454 e. The summed E-state index contributed by atoms with van der Waals surface area (Å²) in [5.74, 6) is 1.89. The van der Waals surface area contributed by atoms with E-state index in [0.29, 0.717) is 6.79 Å². The molecular formula is C13H18O2. The Bertz CT molecular complexity index is 345. The number of hydrogen-bond acceptors (Lipinski definition) is 2. The quantitative estimate of drug-likeness (QED) is 0.752. The molecule has 0 aromatic heterocycles. The lowest BCUT2D eigenvalue weighted by molar-refractivity contribution is 0.173. The van der Waals surface area contributed by atoms with Gasteiger partial charge in [-0.15, -0.1) is 0 Å². The molecule has 1 aromatic carbocycles. The standard InChI is InChI=1S/C13H18O2/c1-3-5-6-10-7-8-12-13(11(10)4-2)15-9-14-12/h7-8H,3-6,9H2,1-2H3. The number of hydrogen-bond donors (Lipinski definition) is 0. The van der Waals surface area contributed by atoms with Crippen molar-refractivity contribution >= 4 is 0 Å². The molecule has 0 saturated carbocycles. The minimum Gasteiger partial charge on any atom is -0.454 e. The molecule has 0 aliphatic carbocycles. The highest BCUT2D eigenvalue weighted by Gasteiger charge is 2.19. The minimum atomic E-state index is 0.375. The topological polar surface area (TPSA) is 18.5 Å². The van der Waals surface area contributed by atoms with Crippen LogP contribution in [-0.4, -0.2) is 6.79 Å². The molecule has 0 N–H and O–H groups in total. The number of unbranched alkanes of at least 4 members (excludes halogenated alkanes) is 1. The Hall–Kier alpha value is -1.18. The van der Waals surface area contributed by atoms with Crippen molar-refractivity contribution in [3.8, 4) is 11.5 Å². The second kappa shape index (κ2) is 4.56. The van der Waals surface area contributed by atoms with Gasteiger partial charge in [-0.3, -0.25) is 0 Å². The van der Waals surface area contributed by atoms with E-state index < -0.39 is 0 Å². The lowest BCUT2D eigenvalue weighted by atomic mass is 9.99. The second-order valence-electron chi connectivity index (χ2n) is 3.89. The van der Waals surface area contributed by atoms with Crippen LogP contribution in [0.4, 0.5) is 0 Å². The highest BCUT2D eigenvalue weighted by Crippen LogP contribution is 2.38. The first kappa shape index (κ1) is 10.3. The van der Waals surface area contributed by atoms with Gasteiger partial charge in [0.05, 0.1) is 0 Å². The Balaban J connectivity index is 2.30. The molecule has 0 saturated heterocycles. The van der Waals surface area contributed by atoms with E-state index in [0.717, 1.165) is 24.3 Å². The summed E-state index contributed by atoms with van der Waals surface area (Å²) < 4.78 is 10.9. The summed E-state index contributed by atoms with van der Waals surface area (Å²) in [7, 11) is 0. The predicted octanol–water partition coefficient (Wildman–Crippen LogP) is 3.32. The third kappa shape index (κ3) is 1.94. The molecule has 15 heavy (non-hydrogen) atoms. The molecule has 0 atom stereocenters. The van der Waals surface area contributed by atoms with E-state index in [9.17, 15) is 0 Å². The number of fused-ring (bicyclic) bond motifs is 1. The minimum absolute atomic E-state index is 0.375. The molecule has 0 radical (unpaired) electrons. The van der Waals surface area contributed by atoms with Gasteiger partial charge in [0, 0.05) is 5.56 Å². The molecular weight excluding hydrogens is 188 g/mol. The van der Waals surface area contributed by atoms with Crippen molar-refractivity contribution in [2.45, 2.75) is 39.5 Å². The van der Waals surface area contributed by atoms with Crippen molar-refractivity contribution in [1.82, 2.24) is 0 Å². The van der Waals surface area contributed by atoms with E-state index >= 15 is 0 Å². The third-order valence-corrected chi connectivity index (χ3v) is 2.89. The zero-order valence-electron chi connectivity index (χ0n) is 9.51. The number of rotatable bonds is 4. The highest BCUT2D eigenvalue weighted by atomic mass is 16.7. The Morgan fingerprint density at radius 1 is 1.20 bits per heavy atom. The lowest BCUT2D eigenvalue weighted by Crippen LogP contribution is -1.96. The van der Waals surface area contributed by atoms with E-state index in [1.165, 1.54) is 24.0 Å². The zero-order valence-corrected chi connectivity index (χ0v) is 9.51. The van der Waals surface area contributed by atoms with Crippen LogP contribution in [0.2, 0.25) is 0 Å². The monoisotopic (exact) mass is 206 g/mol. The summed E-state index contributed by atoms with van der Waals surface area (Å²) in [5, 5.41) is 0. The summed E-state index contributed by atoms with van der Waals surface area (Å²) in [6, 6.07) is 4.22. The van der Waals surface area contributed by atoms with E-state index in [1.54, 1.807) is 0 Å². The van der Waals surface area contributed by atoms with Crippen molar-refractivity contribution in [2.24, 2.45) is 0 Å². The first-order chi connectivity index (χ1) is 7.36. The van der Waals surface area contributed by atoms with Gasteiger partial charge in [0.1, 0.15) is 0 Å². The third-order valence-electron chi connectivity index (χ3n) is 2.89. The van der Waals surface area contributed by atoms with Crippen molar-refractivity contribution in [2.75, 3.05) is 6.79 Å². The fourth-order valence-corrected chi connectivity index (χ4v) is 2.06. The van der Waals surface area contributed by atoms with Gasteiger partial charge in [0.2, 0.25) is 6.79 Å². The van der Waals surface area contributed by atoms with Crippen LogP contribution in [0.25, 0.3) is 0 Å². The molecule has 0 bridgehead atoms. The maximum Gasteiger partial charge on any atom is 0.231 e. The molecule has 0 amide bonds. The fourth-order valence-electron chi connectivity index (χ4n) is 2.06. The van der Waals surface area contributed by atoms with Crippen molar-refractivity contribution < 1.29 is 9.47 Å². The van der Waals surface area contributed by atoms with E-state index in [-0.39, 0.29) is 0 Å². The normalized spacial score (nSPS) is 13.2. The molecule has 1 aliphatic heterocycles. The van der Waals surface area contributed by atoms with Crippen LogP contribution in [0.1, 0.15) is 37.8 Å². The second-order valence-corrected chi connectivity index (χ2v) is 3.89. The first-order valence-electron chi connectivity index (χ1n) is 5.77. The lowest BCUT2D eigenvalue weighted by Gasteiger charge is -2.10. The summed E-state index contributed by atoms with van der Waals surface area (Å²) in [4.78, 5) is 0. The predicted molar refractivity (Wildman–Crippen MR) is 60.6 cm³/mol. The van der Waals surface area contributed by atoms with Gasteiger partial charge in [0.25, 0.3) is 0 Å². The SMILES string of the molecule is CCCCc1ccc2c(c1CC)OCO2. The van der Waals surface area contributed by atoms with Gasteiger partial charge in [0.15, 0.2) is 11.5 Å².